The summed E-state index contributed by atoms with van der Waals surface area (Å²) in [7, 11) is 1.65. The van der Waals surface area contributed by atoms with Gasteiger partial charge in [-0.3, -0.25) is 0 Å². The fraction of sp³-hybridized carbons (Fsp3) is 0.0769. The Morgan fingerprint density at radius 3 is 2.53 bits per heavy atom. The number of fused-ring (bicyclic) bond motifs is 1. The topological polar surface area (TPSA) is 74.7 Å². The Morgan fingerprint density at radius 1 is 1.09 bits per heavy atom. The van der Waals surface area contributed by atoms with E-state index in [0.29, 0.717) is 0 Å². The predicted molar refractivity (Wildman–Crippen MR) is 129 cm³/mol. The maximum Gasteiger partial charge on any atom is 0.346 e. The van der Waals surface area contributed by atoms with E-state index in [1.165, 1.54) is 23.0 Å². The number of methoxy groups -OCH3 is 1. The second-order valence-electron chi connectivity index (χ2n) is 7.12. The number of carboxylic acid groups (broad SMARTS) is 1. The van der Waals surface area contributed by atoms with Gasteiger partial charge < -0.3 is 14.2 Å². The molecule has 0 aliphatic heterocycles. The van der Waals surface area contributed by atoms with Crippen molar-refractivity contribution in [3.8, 4) is 22.9 Å². The Labute approximate surface area is 189 Å². The van der Waals surface area contributed by atoms with Crippen molar-refractivity contribution >= 4 is 41.1 Å². The van der Waals surface area contributed by atoms with Crippen LogP contribution in [0.15, 0.2) is 66.4 Å². The van der Waals surface area contributed by atoms with Gasteiger partial charge in [-0.2, -0.15) is 5.26 Å². The van der Waals surface area contributed by atoms with Crippen molar-refractivity contribution in [1.29, 1.82) is 5.26 Å². The molecule has 32 heavy (non-hydrogen) atoms. The first-order valence-electron chi connectivity index (χ1n) is 9.89. The van der Waals surface area contributed by atoms with Gasteiger partial charge in [-0.15, -0.1) is 11.3 Å². The van der Waals surface area contributed by atoms with Gasteiger partial charge in [0.15, 0.2) is 0 Å². The standard InChI is InChI=1S/C26H20N2O3S/c1-17-23-5-3-4-14-28(23)24(25(17)18-6-8-20(31-2)9-7-18)13-12-21-10-11-22(32-21)15-19(16-27)26(29)30/h3-15H,1-2H3,(H,29,30)/b13-12+,19-15-. The van der Waals surface area contributed by atoms with Crippen LogP contribution in [0.5, 0.6) is 5.75 Å². The van der Waals surface area contributed by atoms with Gasteiger partial charge in [-0.25, -0.2) is 4.79 Å². The van der Waals surface area contributed by atoms with Crippen molar-refractivity contribution < 1.29 is 14.6 Å². The third-order valence-electron chi connectivity index (χ3n) is 5.20. The normalized spacial score (nSPS) is 11.7. The molecule has 0 spiro atoms. The summed E-state index contributed by atoms with van der Waals surface area (Å²) in [6.07, 6.45) is 7.52. The van der Waals surface area contributed by atoms with Crippen LogP contribution in [0.1, 0.15) is 21.0 Å². The Kier molecular flexibility index (Phi) is 5.93. The second-order valence-corrected chi connectivity index (χ2v) is 8.26. The number of benzene rings is 1. The lowest BCUT2D eigenvalue weighted by molar-refractivity contribution is -0.132. The van der Waals surface area contributed by atoms with Crippen LogP contribution in [-0.2, 0) is 4.79 Å². The van der Waals surface area contributed by atoms with Crippen LogP contribution in [0.25, 0.3) is 34.9 Å². The molecule has 0 aliphatic rings. The number of aryl methyl sites for hydroxylation is 1. The molecule has 0 amide bonds. The zero-order valence-corrected chi connectivity index (χ0v) is 18.4. The zero-order valence-electron chi connectivity index (χ0n) is 17.6. The van der Waals surface area contributed by atoms with Gasteiger partial charge in [-0.05, 0) is 72.7 Å². The van der Waals surface area contributed by atoms with E-state index in [4.69, 9.17) is 15.1 Å². The number of pyridine rings is 1. The molecule has 0 aliphatic carbocycles. The molecule has 0 saturated heterocycles. The summed E-state index contributed by atoms with van der Waals surface area (Å²) in [6, 6.07) is 19.6. The Morgan fingerprint density at radius 2 is 1.84 bits per heavy atom. The van der Waals surface area contributed by atoms with Gasteiger partial charge in [0, 0.05) is 27.0 Å². The molecule has 0 atom stereocenters. The molecule has 6 heteroatoms. The molecule has 4 rings (SSSR count). The molecule has 1 N–H and O–H groups in total. The first-order valence-corrected chi connectivity index (χ1v) is 10.7. The van der Waals surface area contributed by atoms with Crippen molar-refractivity contribution in [3.05, 3.63) is 87.4 Å². The monoisotopic (exact) mass is 440 g/mol. The quantitative estimate of drug-likeness (QED) is 0.288. The van der Waals surface area contributed by atoms with Gasteiger partial charge in [-0.1, -0.05) is 18.2 Å². The van der Waals surface area contributed by atoms with Gasteiger partial charge in [0.05, 0.1) is 12.8 Å². The number of nitriles is 1. The minimum Gasteiger partial charge on any atom is -0.497 e. The third kappa shape index (κ3) is 4.07. The lowest BCUT2D eigenvalue weighted by atomic mass is 10.0. The van der Waals surface area contributed by atoms with Gasteiger partial charge in [0.2, 0.25) is 0 Å². The summed E-state index contributed by atoms with van der Waals surface area (Å²) in [5.74, 6) is -0.415. The number of nitrogens with zero attached hydrogens (tertiary/aromatic N) is 2. The van der Waals surface area contributed by atoms with E-state index in [1.54, 1.807) is 13.2 Å². The van der Waals surface area contributed by atoms with Crippen molar-refractivity contribution in [2.24, 2.45) is 0 Å². The summed E-state index contributed by atoms with van der Waals surface area (Å²) in [4.78, 5) is 12.8. The van der Waals surface area contributed by atoms with Crippen LogP contribution in [0.4, 0.5) is 0 Å². The summed E-state index contributed by atoms with van der Waals surface area (Å²) in [5, 5.41) is 18.0. The summed E-state index contributed by atoms with van der Waals surface area (Å²) in [6.45, 7) is 2.12. The smallest absolute Gasteiger partial charge is 0.346 e. The number of thiophene rings is 1. The van der Waals surface area contributed by atoms with E-state index in [2.05, 4.69) is 35.6 Å². The molecule has 5 nitrogen and oxygen atoms in total. The molecule has 4 aromatic rings. The number of ether oxygens (including phenoxy) is 1. The molecule has 0 unspecified atom stereocenters. The highest BCUT2D eigenvalue weighted by Crippen LogP contribution is 2.35. The number of carboxylic acids is 1. The van der Waals surface area contributed by atoms with Crippen molar-refractivity contribution in [1.82, 2.24) is 4.40 Å². The van der Waals surface area contributed by atoms with Crippen molar-refractivity contribution in [2.45, 2.75) is 6.92 Å². The lowest BCUT2D eigenvalue weighted by Crippen LogP contribution is -1.96. The van der Waals surface area contributed by atoms with Crippen LogP contribution < -0.4 is 4.74 Å². The van der Waals surface area contributed by atoms with Crippen molar-refractivity contribution in [2.75, 3.05) is 7.11 Å². The Hall–Kier alpha value is -4.08. The number of hydrogen-bond donors (Lipinski definition) is 1. The zero-order chi connectivity index (χ0) is 22.7. The van der Waals surface area contributed by atoms with E-state index in [9.17, 15) is 4.79 Å². The second kappa shape index (κ2) is 8.96. The highest BCUT2D eigenvalue weighted by molar-refractivity contribution is 7.13. The van der Waals surface area contributed by atoms with E-state index >= 15 is 0 Å². The molecular weight excluding hydrogens is 420 g/mol. The Balaban J connectivity index is 1.77. The van der Waals surface area contributed by atoms with E-state index < -0.39 is 5.97 Å². The van der Waals surface area contributed by atoms with Crippen LogP contribution in [0.3, 0.4) is 0 Å². The van der Waals surface area contributed by atoms with Crippen LogP contribution in [0.2, 0.25) is 0 Å². The van der Waals surface area contributed by atoms with E-state index in [0.717, 1.165) is 37.8 Å². The molecule has 3 aromatic heterocycles. The fourth-order valence-corrected chi connectivity index (χ4v) is 4.52. The number of hydrogen-bond acceptors (Lipinski definition) is 4. The van der Waals surface area contributed by atoms with E-state index in [-0.39, 0.29) is 5.57 Å². The SMILES string of the molecule is COc1ccc(-c2c(C)c3ccccn3c2/C=C/c2ccc(/C=C(/C#N)C(=O)O)s2)cc1. The minimum atomic E-state index is -1.22. The number of aromatic nitrogens is 1. The number of rotatable bonds is 6. The average Bonchev–Trinajstić information content (AvgIpc) is 3.38. The van der Waals surface area contributed by atoms with Crippen LogP contribution >= 0.6 is 11.3 Å². The minimum absolute atomic E-state index is 0.280. The highest BCUT2D eigenvalue weighted by atomic mass is 32.1. The molecule has 0 radical (unpaired) electrons. The van der Waals surface area contributed by atoms with Crippen LogP contribution in [-0.4, -0.2) is 22.6 Å². The number of aliphatic carboxylic acids is 1. The molecule has 158 valence electrons. The first-order chi connectivity index (χ1) is 15.5. The predicted octanol–water partition coefficient (Wildman–Crippen LogP) is 6.15. The average molecular weight is 441 g/mol. The molecule has 1 aromatic carbocycles. The molecule has 0 bridgehead atoms. The van der Waals surface area contributed by atoms with Crippen LogP contribution in [0, 0.1) is 18.3 Å². The Bertz CT molecular complexity index is 1400. The molecule has 0 fully saturated rings. The summed E-state index contributed by atoms with van der Waals surface area (Å²) >= 11 is 1.43. The van der Waals surface area contributed by atoms with Gasteiger partial charge >= 0.3 is 5.97 Å². The maximum absolute atomic E-state index is 11.1. The molecule has 0 saturated carbocycles. The van der Waals surface area contributed by atoms with Crippen molar-refractivity contribution in [3.63, 3.8) is 0 Å². The van der Waals surface area contributed by atoms with E-state index in [1.807, 2.05) is 48.7 Å². The van der Waals surface area contributed by atoms with Gasteiger partial charge in [0.25, 0.3) is 0 Å². The number of carbonyl (C=O) groups is 1. The molecular formula is C26H20N2O3S. The lowest BCUT2D eigenvalue weighted by Gasteiger charge is -2.06. The maximum atomic E-state index is 11.1. The first kappa shape index (κ1) is 21.2. The third-order valence-corrected chi connectivity index (χ3v) is 6.20. The molecule has 3 heterocycles. The summed E-state index contributed by atoms with van der Waals surface area (Å²) < 4.78 is 7.47. The fourth-order valence-electron chi connectivity index (χ4n) is 3.67. The largest absolute Gasteiger partial charge is 0.497 e. The van der Waals surface area contributed by atoms with Gasteiger partial charge in [0.1, 0.15) is 17.4 Å². The summed E-state index contributed by atoms with van der Waals surface area (Å²) in [5.41, 5.74) is 5.33. The highest BCUT2D eigenvalue weighted by Gasteiger charge is 2.15.